The van der Waals surface area contributed by atoms with Gasteiger partial charge in [0.15, 0.2) is 11.6 Å². The minimum absolute atomic E-state index is 0.220. The van der Waals surface area contributed by atoms with Crippen molar-refractivity contribution in [2.45, 2.75) is 25.5 Å². The molecule has 1 aliphatic rings. The zero-order chi connectivity index (χ0) is 32.0. The van der Waals surface area contributed by atoms with Crippen LogP contribution < -0.4 is 19.6 Å². The van der Waals surface area contributed by atoms with E-state index in [1.807, 2.05) is 25.2 Å². The number of pyridine rings is 1. The molecule has 0 aromatic carbocycles. The summed E-state index contributed by atoms with van der Waals surface area (Å²) in [5.41, 5.74) is 2.28. The molecule has 14 nitrogen and oxygen atoms in total. The molecule has 0 saturated carbocycles. The first-order valence-electron chi connectivity index (χ1n) is 15.5. The van der Waals surface area contributed by atoms with Gasteiger partial charge in [0.2, 0.25) is 11.9 Å². The number of ether oxygens (including phenoxy) is 5. The van der Waals surface area contributed by atoms with E-state index in [4.69, 9.17) is 43.6 Å². The Bertz CT molecular complexity index is 1280. The Hall–Kier alpha value is -3.43. The van der Waals surface area contributed by atoms with Gasteiger partial charge < -0.3 is 43.3 Å². The highest BCUT2D eigenvalue weighted by Gasteiger charge is 2.28. The van der Waals surface area contributed by atoms with Crippen molar-refractivity contribution in [2.75, 3.05) is 128 Å². The van der Waals surface area contributed by atoms with Crippen LogP contribution in [0.4, 0.5) is 23.5 Å². The molecule has 14 heteroatoms. The largest absolute Gasteiger partial charge is 0.383 e. The van der Waals surface area contributed by atoms with Crippen molar-refractivity contribution in [1.82, 2.24) is 24.9 Å². The maximum Gasteiger partial charge on any atom is 0.228 e. The van der Waals surface area contributed by atoms with Crippen molar-refractivity contribution >= 4 is 34.6 Å². The fraction of sp³-hybridized carbons (Fsp3) is 0.645. The SMILES string of the molecule is COCCN(CCOC)c1nc(N2CCC(OC)CC2)c2nc(N(CCOC)CCOC)nc(N(C)Cc3ccccn3)c2n1. The number of nitrogens with zero attached hydrogens (tertiary/aromatic N) is 9. The van der Waals surface area contributed by atoms with Crippen LogP contribution in [0, 0.1) is 0 Å². The average molecular weight is 628 g/mol. The van der Waals surface area contributed by atoms with E-state index in [1.165, 1.54) is 0 Å². The average Bonchev–Trinajstić information content (AvgIpc) is 3.08. The van der Waals surface area contributed by atoms with Crippen LogP contribution in [-0.4, -0.2) is 139 Å². The summed E-state index contributed by atoms with van der Waals surface area (Å²) in [5.74, 6) is 2.62. The van der Waals surface area contributed by atoms with Gasteiger partial charge in [-0.3, -0.25) is 4.98 Å². The number of methoxy groups -OCH3 is 5. The van der Waals surface area contributed by atoms with E-state index in [0.717, 1.165) is 37.4 Å². The fourth-order valence-corrected chi connectivity index (χ4v) is 5.27. The van der Waals surface area contributed by atoms with Gasteiger partial charge in [0.05, 0.1) is 44.8 Å². The minimum atomic E-state index is 0.220. The van der Waals surface area contributed by atoms with Crippen molar-refractivity contribution in [3.05, 3.63) is 30.1 Å². The lowest BCUT2D eigenvalue weighted by molar-refractivity contribution is 0.0818. The second kappa shape index (κ2) is 17.9. The van der Waals surface area contributed by atoms with E-state index in [2.05, 4.69) is 24.6 Å². The Morgan fingerprint density at radius 2 is 1.29 bits per heavy atom. The molecule has 0 aliphatic carbocycles. The summed E-state index contributed by atoms with van der Waals surface area (Å²) in [4.78, 5) is 33.8. The van der Waals surface area contributed by atoms with Crippen LogP contribution in [0.15, 0.2) is 24.4 Å². The Balaban J connectivity index is 1.92. The summed E-state index contributed by atoms with van der Waals surface area (Å²) in [5, 5.41) is 0. The molecule has 0 atom stereocenters. The van der Waals surface area contributed by atoms with Crippen LogP contribution in [0.2, 0.25) is 0 Å². The Morgan fingerprint density at radius 3 is 1.80 bits per heavy atom. The Morgan fingerprint density at radius 1 is 0.733 bits per heavy atom. The molecule has 1 saturated heterocycles. The third kappa shape index (κ3) is 9.30. The molecule has 3 aromatic heterocycles. The zero-order valence-corrected chi connectivity index (χ0v) is 27.6. The number of hydrogen-bond acceptors (Lipinski definition) is 14. The first kappa shape index (κ1) is 34.4. The van der Waals surface area contributed by atoms with Gasteiger partial charge in [-0.1, -0.05) is 6.07 Å². The zero-order valence-electron chi connectivity index (χ0n) is 27.6. The molecule has 45 heavy (non-hydrogen) atoms. The summed E-state index contributed by atoms with van der Waals surface area (Å²) in [6, 6.07) is 5.91. The number of hydrogen-bond donors (Lipinski definition) is 0. The highest BCUT2D eigenvalue weighted by molar-refractivity contribution is 5.95. The number of aromatic nitrogens is 5. The second-order valence-electron chi connectivity index (χ2n) is 10.9. The van der Waals surface area contributed by atoms with Crippen molar-refractivity contribution in [3.8, 4) is 0 Å². The minimum Gasteiger partial charge on any atom is -0.383 e. The summed E-state index contributed by atoms with van der Waals surface area (Å²) < 4.78 is 27.4. The molecule has 0 spiro atoms. The molecule has 0 bridgehead atoms. The molecular weight excluding hydrogens is 578 g/mol. The van der Waals surface area contributed by atoms with E-state index in [0.29, 0.717) is 87.9 Å². The van der Waals surface area contributed by atoms with E-state index in [-0.39, 0.29) is 6.10 Å². The van der Waals surface area contributed by atoms with Gasteiger partial charge in [-0.25, -0.2) is 9.97 Å². The molecule has 4 rings (SSSR count). The Labute approximate surface area is 266 Å². The van der Waals surface area contributed by atoms with Crippen molar-refractivity contribution in [2.24, 2.45) is 0 Å². The van der Waals surface area contributed by atoms with E-state index >= 15 is 0 Å². The molecule has 1 aliphatic heterocycles. The topological polar surface area (TPSA) is 124 Å². The predicted molar refractivity (Wildman–Crippen MR) is 176 cm³/mol. The quantitative estimate of drug-likeness (QED) is 0.193. The van der Waals surface area contributed by atoms with Crippen molar-refractivity contribution in [1.29, 1.82) is 0 Å². The highest BCUT2D eigenvalue weighted by Crippen LogP contribution is 2.34. The summed E-state index contributed by atoms with van der Waals surface area (Å²) in [6.07, 6.45) is 3.81. The third-order valence-corrected chi connectivity index (χ3v) is 7.87. The van der Waals surface area contributed by atoms with Crippen LogP contribution >= 0.6 is 0 Å². The monoisotopic (exact) mass is 627 g/mol. The normalized spacial score (nSPS) is 13.9. The number of fused-ring (bicyclic) bond motifs is 1. The molecule has 3 aromatic rings. The molecule has 0 N–H and O–H groups in total. The van der Waals surface area contributed by atoms with E-state index in [9.17, 15) is 0 Å². The first-order valence-corrected chi connectivity index (χ1v) is 15.5. The van der Waals surface area contributed by atoms with Crippen LogP contribution in [0.25, 0.3) is 11.0 Å². The molecule has 248 valence electrons. The standard InChI is InChI=1S/C31H49N9O5/c1-37(23-24-9-7-8-12-32-24)28-26-27(34-30(35-28)39(15-19-41-2)16-20-42-3)29(38-13-10-25(45-6)11-14-38)36-31(33-26)40(17-21-43-4)18-22-44-5/h7-9,12,25H,10-11,13-23H2,1-6H3. The van der Waals surface area contributed by atoms with Gasteiger partial charge >= 0.3 is 0 Å². The smallest absolute Gasteiger partial charge is 0.228 e. The van der Waals surface area contributed by atoms with Crippen LogP contribution in [0.1, 0.15) is 18.5 Å². The number of piperidine rings is 1. The Kier molecular flexibility index (Phi) is 13.7. The van der Waals surface area contributed by atoms with E-state index < -0.39 is 0 Å². The lowest BCUT2D eigenvalue weighted by Crippen LogP contribution is -2.38. The molecule has 1 fully saturated rings. The van der Waals surface area contributed by atoms with Gasteiger partial charge in [0.1, 0.15) is 11.0 Å². The van der Waals surface area contributed by atoms with Gasteiger partial charge in [-0.05, 0) is 25.0 Å². The van der Waals surface area contributed by atoms with Gasteiger partial charge in [0, 0.05) is 88.1 Å². The maximum absolute atomic E-state index is 5.68. The third-order valence-electron chi connectivity index (χ3n) is 7.87. The molecule has 0 radical (unpaired) electrons. The highest BCUT2D eigenvalue weighted by atomic mass is 16.5. The van der Waals surface area contributed by atoms with Gasteiger partial charge in [0.25, 0.3) is 0 Å². The first-order chi connectivity index (χ1) is 22.0. The second-order valence-corrected chi connectivity index (χ2v) is 10.9. The summed E-state index contributed by atoms with van der Waals surface area (Å²) >= 11 is 0. The van der Waals surface area contributed by atoms with Crippen molar-refractivity contribution in [3.63, 3.8) is 0 Å². The molecule has 4 heterocycles. The lowest BCUT2D eigenvalue weighted by atomic mass is 10.1. The predicted octanol–water partition coefficient (Wildman–Crippen LogP) is 2.26. The molecule has 0 amide bonds. The number of rotatable bonds is 19. The van der Waals surface area contributed by atoms with Crippen LogP contribution in [0.3, 0.4) is 0 Å². The van der Waals surface area contributed by atoms with Gasteiger partial charge in [-0.15, -0.1) is 0 Å². The fourth-order valence-electron chi connectivity index (χ4n) is 5.27. The van der Waals surface area contributed by atoms with Crippen LogP contribution in [-0.2, 0) is 30.2 Å². The molecular formula is C31H49N9O5. The van der Waals surface area contributed by atoms with E-state index in [1.54, 1.807) is 41.7 Å². The summed E-state index contributed by atoms with van der Waals surface area (Å²) in [6.45, 7) is 6.61. The lowest BCUT2D eigenvalue weighted by Gasteiger charge is -2.34. The summed E-state index contributed by atoms with van der Waals surface area (Å²) in [7, 11) is 10.6. The van der Waals surface area contributed by atoms with Crippen molar-refractivity contribution < 1.29 is 23.7 Å². The maximum atomic E-state index is 5.68. The van der Waals surface area contributed by atoms with Crippen LogP contribution in [0.5, 0.6) is 0 Å². The number of anilines is 4. The van der Waals surface area contributed by atoms with Gasteiger partial charge in [-0.2, -0.15) is 9.97 Å². The molecule has 0 unspecified atom stereocenters.